The third-order valence-corrected chi connectivity index (χ3v) is 9.14. The monoisotopic (exact) mass is 532 g/mol. The van der Waals surface area contributed by atoms with Crippen LogP contribution in [0.25, 0.3) is 0 Å². The number of likely N-dealkylation sites (N-methyl/N-ethyl adjacent to an activating group) is 1. The fourth-order valence-electron chi connectivity index (χ4n) is 5.26. The Morgan fingerprint density at radius 3 is 2.42 bits per heavy atom. The number of anilines is 1. The van der Waals surface area contributed by atoms with Gasteiger partial charge in [0.05, 0.1) is 41.5 Å². The van der Waals surface area contributed by atoms with Crippen molar-refractivity contribution in [2.24, 2.45) is 0 Å². The number of carboxylic acids is 1. The first-order valence-corrected chi connectivity index (χ1v) is 13.4. The molecule has 2 aliphatic heterocycles. The van der Waals surface area contributed by atoms with Crippen LogP contribution in [0.15, 0.2) is 17.0 Å². The smallest absolute Gasteiger partial charge is 0.335 e. The van der Waals surface area contributed by atoms with Gasteiger partial charge in [-0.2, -0.15) is 0 Å². The van der Waals surface area contributed by atoms with E-state index in [0.717, 1.165) is 12.1 Å². The molecule has 8 N–H and O–H groups in total. The lowest BCUT2D eigenvalue weighted by atomic mass is 9.95. The summed E-state index contributed by atoms with van der Waals surface area (Å²) in [5.41, 5.74) is 5.28. The number of aromatic hydroxyl groups is 1. The summed E-state index contributed by atoms with van der Waals surface area (Å²) in [5.74, 6) is -2.96. The fraction of sp³-hybridized carbons (Fsp3) is 0.636. The van der Waals surface area contributed by atoms with Gasteiger partial charge in [-0.1, -0.05) is 6.92 Å². The number of phenols is 1. The molecule has 0 bridgehead atoms. The lowest BCUT2D eigenvalue weighted by Gasteiger charge is -2.50. The summed E-state index contributed by atoms with van der Waals surface area (Å²) in [6, 6.07) is 1.66. The van der Waals surface area contributed by atoms with Gasteiger partial charge >= 0.3 is 5.97 Å². The number of rotatable bonds is 8. The van der Waals surface area contributed by atoms with Crippen molar-refractivity contribution in [3.63, 3.8) is 0 Å². The minimum absolute atomic E-state index is 0.0231. The Morgan fingerprint density at radius 2 is 1.83 bits per heavy atom. The molecule has 2 heterocycles. The van der Waals surface area contributed by atoms with Crippen LogP contribution in [0, 0.1) is 0 Å². The molecular weight excluding hydrogens is 498 g/mol. The number of carboxylic acid groups (broad SMARTS) is 1. The Balaban J connectivity index is 1.85. The van der Waals surface area contributed by atoms with E-state index < -0.39 is 58.1 Å². The van der Waals surface area contributed by atoms with Crippen molar-refractivity contribution < 1.29 is 52.8 Å². The highest BCUT2D eigenvalue weighted by Crippen LogP contribution is 2.37. The van der Waals surface area contributed by atoms with Crippen LogP contribution in [0.4, 0.5) is 5.69 Å². The topological polar surface area (TPSA) is 217 Å². The molecule has 2 saturated heterocycles. The third-order valence-electron chi connectivity index (χ3n) is 7.35. The highest BCUT2D eigenvalue weighted by Gasteiger charge is 2.58. The number of nitrogens with one attached hydrogen (secondary N) is 1. The van der Waals surface area contributed by atoms with Gasteiger partial charge in [0.15, 0.2) is 22.0 Å². The van der Waals surface area contributed by atoms with E-state index in [-0.39, 0.29) is 39.0 Å². The van der Waals surface area contributed by atoms with E-state index in [9.17, 15) is 43.5 Å². The number of hydrogen-bond donors (Lipinski definition) is 7. The molecule has 0 saturated carbocycles. The predicted molar refractivity (Wildman–Crippen MR) is 126 cm³/mol. The maximum absolute atomic E-state index is 12.9. The summed E-state index contributed by atoms with van der Waals surface area (Å²) in [4.78, 5) is 24.2. The average Bonchev–Trinajstić information content (AvgIpc) is 3.24. The lowest BCUT2D eigenvalue weighted by molar-refractivity contribution is -0.985. The Labute approximate surface area is 208 Å². The molecule has 3 rings (SSSR count). The number of nitrogens with two attached hydrogens (primary N) is 1. The van der Waals surface area contributed by atoms with E-state index in [4.69, 9.17) is 10.5 Å². The Hall–Kier alpha value is -2.49. The van der Waals surface area contributed by atoms with Crippen molar-refractivity contribution in [3.05, 3.63) is 17.7 Å². The number of sulfone groups is 1. The fourth-order valence-corrected chi connectivity index (χ4v) is 6.29. The minimum atomic E-state index is -3.75. The number of hydrogen-bond acceptors (Lipinski definition) is 10. The molecule has 13 nitrogen and oxygen atoms in total. The zero-order valence-corrected chi connectivity index (χ0v) is 20.9. The number of carbonyl (C=O) groups excluding carboxylic acids is 1. The maximum Gasteiger partial charge on any atom is 0.335 e. The predicted octanol–water partition coefficient (Wildman–Crippen LogP) is -1.61. The number of amides is 1. The molecule has 0 spiro atoms. The summed E-state index contributed by atoms with van der Waals surface area (Å²) in [6.07, 6.45) is -6.82. The largest absolute Gasteiger partial charge is 0.507 e. The molecule has 2 fully saturated rings. The molecular formula is C22H34N3O10S+. The van der Waals surface area contributed by atoms with E-state index in [2.05, 4.69) is 5.32 Å². The number of aliphatic hydroxyl groups excluding tert-OH is 3. The normalized spacial score (nSPS) is 32.8. The minimum Gasteiger partial charge on any atom is -0.507 e. The number of aliphatic hydroxyl groups is 3. The molecule has 36 heavy (non-hydrogen) atoms. The first-order chi connectivity index (χ1) is 16.8. The highest BCUT2D eigenvalue weighted by atomic mass is 32.2. The SMILES string of the molecule is CC[N+]1(C2OC(C(=O)O)C(O)C(O)C2O)CCCC1CNC(=O)c1cc(S(=O)(=O)CC)c(N)cc1O. The quantitative estimate of drug-likeness (QED) is 0.149. The Kier molecular flexibility index (Phi) is 8.17. The second-order valence-electron chi connectivity index (χ2n) is 9.22. The zero-order valence-electron chi connectivity index (χ0n) is 20.1. The number of likely N-dealkylation sites (tertiary alicyclic amines) is 1. The molecule has 2 aliphatic rings. The average molecular weight is 533 g/mol. The summed E-state index contributed by atoms with van der Waals surface area (Å²) in [5, 5.41) is 53.4. The number of ether oxygens (including phenoxy) is 1. The van der Waals surface area contributed by atoms with Crippen LogP contribution in [-0.2, 0) is 19.4 Å². The summed E-state index contributed by atoms with van der Waals surface area (Å²) >= 11 is 0. The van der Waals surface area contributed by atoms with Gasteiger partial charge in [0.2, 0.25) is 6.23 Å². The molecule has 1 aromatic carbocycles. The first kappa shape index (κ1) is 28.1. The van der Waals surface area contributed by atoms with Crippen LogP contribution < -0.4 is 11.1 Å². The van der Waals surface area contributed by atoms with Crippen molar-refractivity contribution >= 4 is 27.4 Å². The van der Waals surface area contributed by atoms with Crippen molar-refractivity contribution in [1.29, 1.82) is 0 Å². The van der Waals surface area contributed by atoms with Crippen LogP contribution in [0.3, 0.4) is 0 Å². The van der Waals surface area contributed by atoms with Crippen molar-refractivity contribution in [3.8, 4) is 5.75 Å². The maximum atomic E-state index is 12.9. The second kappa shape index (κ2) is 10.5. The number of quaternary nitrogens is 1. The van der Waals surface area contributed by atoms with Gasteiger partial charge in [-0.05, 0) is 13.0 Å². The van der Waals surface area contributed by atoms with Crippen LogP contribution in [-0.4, -0.2) is 112 Å². The standard InChI is InChI=1S/C22H33N3O10S/c1-3-25(21-18(29)16(27)17(28)19(35-21)22(31)32)7-5-6-11(25)10-24-20(30)12-8-15(36(33,34)4-2)13(23)9-14(12)26/h8-9,11,16-19,21,27-29H,3-7,10H2,1-2H3,(H4-,23,24,26,30,31,32)/p+1. The molecule has 0 radical (unpaired) electrons. The molecule has 1 aromatic rings. The lowest BCUT2D eigenvalue weighted by Crippen LogP contribution is -2.72. The zero-order chi connectivity index (χ0) is 27.0. The Bertz CT molecular complexity index is 1110. The molecule has 0 aliphatic carbocycles. The summed E-state index contributed by atoms with van der Waals surface area (Å²) in [6.45, 7) is 4.08. The number of aliphatic carboxylic acids is 1. The number of benzene rings is 1. The number of carbonyl (C=O) groups is 2. The Morgan fingerprint density at radius 1 is 1.17 bits per heavy atom. The summed E-state index contributed by atoms with van der Waals surface area (Å²) < 4.78 is 30.3. The summed E-state index contributed by atoms with van der Waals surface area (Å²) in [7, 11) is -3.75. The molecule has 202 valence electrons. The van der Waals surface area contributed by atoms with Crippen LogP contribution in [0.1, 0.15) is 37.0 Å². The molecule has 14 heteroatoms. The van der Waals surface area contributed by atoms with Gasteiger partial charge in [0, 0.05) is 18.9 Å². The van der Waals surface area contributed by atoms with Gasteiger partial charge in [-0.15, -0.1) is 0 Å². The van der Waals surface area contributed by atoms with Crippen LogP contribution in [0.5, 0.6) is 5.75 Å². The van der Waals surface area contributed by atoms with E-state index in [0.29, 0.717) is 25.9 Å². The molecule has 7 unspecified atom stereocenters. The molecule has 7 atom stereocenters. The third kappa shape index (κ3) is 4.88. The van der Waals surface area contributed by atoms with Gasteiger partial charge in [-0.25, -0.2) is 13.2 Å². The van der Waals surface area contributed by atoms with Crippen molar-refractivity contribution in [1.82, 2.24) is 5.32 Å². The van der Waals surface area contributed by atoms with Gasteiger partial charge in [0.25, 0.3) is 5.91 Å². The van der Waals surface area contributed by atoms with Gasteiger partial charge in [0.1, 0.15) is 24.0 Å². The molecule has 1 amide bonds. The van der Waals surface area contributed by atoms with Crippen molar-refractivity contribution in [2.75, 3.05) is 31.1 Å². The van der Waals surface area contributed by atoms with E-state index >= 15 is 0 Å². The van der Waals surface area contributed by atoms with E-state index in [1.807, 2.05) is 0 Å². The van der Waals surface area contributed by atoms with Gasteiger partial charge in [-0.3, -0.25) is 9.28 Å². The van der Waals surface area contributed by atoms with Crippen LogP contribution >= 0.6 is 0 Å². The van der Waals surface area contributed by atoms with Crippen molar-refractivity contribution in [2.45, 2.75) is 68.3 Å². The van der Waals surface area contributed by atoms with Crippen LogP contribution in [0.2, 0.25) is 0 Å². The molecule has 0 aromatic heterocycles. The van der Waals surface area contributed by atoms with Gasteiger partial charge < -0.3 is 41.3 Å². The first-order valence-electron chi connectivity index (χ1n) is 11.7. The van der Waals surface area contributed by atoms with E-state index in [1.54, 1.807) is 6.92 Å². The number of nitrogen functional groups attached to an aromatic ring is 1. The second-order valence-corrected chi connectivity index (χ2v) is 11.5. The number of phenolic OH excluding ortho intramolecular Hbond substituents is 1. The number of nitrogens with zero attached hydrogens (tertiary/aromatic N) is 1. The highest BCUT2D eigenvalue weighted by molar-refractivity contribution is 7.91. The van der Waals surface area contributed by atoms with E-state index in [1.165, 1.54) is 6.92 Å².